The van der Waals surface area contributed by atoms with Gasteiger partial charge in [-0.3, -0.25) is 4.79 Å². The lowest BCUT2D eigenvalue weighted by atomic mass is 9.76. The molecule has 3 rings (SSSR count). The van der Waals surface area contributed by atoms with Crippen molar-refractivity contribution >= 4 is 5.78 Å². The van der Waals surface area contributed by atoms with Gasteiger partial charge in [-0.2, -0.15) is 0 Å². The highest BCUT2D eigenvalue weighted by Gasteiger charge is 2.37. The van der Waals surface area contributed by atoms with E-state index in [0.717, 1.165) is 18.8 Å². The van der Waals surface area contributed by atoms with Crippen LogP contribution >= 0.6 is 0 Å². The molecule has 1 aliphatic carbocycles. The first-order chi connectivity index (χ1) is 6.86. The van der Waals surface area contributed by atoms with Crippen LogP contribution in [0.4, 0.5) is 0 Å². The van der Waals surface area contributed by atoms with Crippen LogP contribution in [0.25, 0.3) is 0 Å². The molecular formula is C12H12O2. The van der Waals surface area contributed by atoms with E-state index in [1.54, 1.807) is 0 Å². The Hall–Kier alpha value is -1.15. The van der Waals surface area contributed by atoms with E-state index in [4.69, 9.17) is 4.74 Å². The van der Waals surface area contributed by atoms with Gasteiger partial charge in [0.25, 0.3) is 0 Å². The summed E-state index contributed by atoms with van der Waals surface area (Å²) in [4.78, 5) is 11.8. The molecule has 1 aromatic rings. The average molecular weight is 188 g/mol. The van der Waals surface area contributed by atoms with Crippen LogP contribution in [0.15, 0.2) is 24.3 Å². The highest BCUT2D eigenvalue weighted by atomic mass is 16.5. The topological polar surface area (TPSA) is 26.3 Å². The van der Waals surface area contributed by atoms with E-state index in [1.807, 2.05) is 18.2 Å². The van der Waals surface area contributed by atoms with Crippen molar-refractivity contribution in [1.29, 1.82) is 0 Å². The van der Waals surface area contributed by atoms with Gasteiger partial charge in [-0.25, -0.2) is 0 Å². The molecule has 0 amide bonds. The molecule has 1 aromatic carbocycles. The summed E-state index contributed by atoms with van der Waals surface area (Å²) in [5, 5.41) is 0. The van der Waals surface area contributed by atoms with Gasteiger partial charge in [0.1, 0.15) is 0 Å². The third-order valence-corrected chi connectivity index (χ3v) is 3.31. The number of hydrogen-bond acceptors (Lipinski definition) is 2. The molecule has 2 heteroatoms. The maximum atomic E-state index is 11.8. The van der Waals surface area contributed by atoms with Crippen molar-refractivity contribution in [2.45, 2.75) is 12.3 Å². The maximum absolute atomic E-state index is 11.8. The summed E-state index contributed by atoms with van der Waals surface area (Å²) in [5.41, 5.74) is 2.12. The molecule has 1 heterocycles. The quantitative estimate of drug-likeness (QED) is 0.622. The number of fused-ring (bicyclic) bond motifs is 3. The van der Waals surface area contributed by atoms with E-state index in [-0.39, 0.29) is 5.78 Å². The second-order valence-electron chi connectivity index (χ2n) is 4.12. The second kappa shape index (κ2) is 2.92. The summed E-state index contributed by atoms with van der Waals surface area (Å²) in [6, 6.07) is 7.95. The Bertz CT molecular complexity index is 384. The molecule has 0 spiro atoms. The SMILES string of the molecule is O=C1C[C@H]2COC[C@@H]2c2ccccc21. The van der Waals surface area contributed by atoms with Gasteiger partial charge in [0.15, 0.2) is 5.78 Å². The molecule has 1 saturated heterocycles. The first-order valence-corrected chi connectivity index (χ1v) is 5.06. The average Bonchev–Trinajstić information content (AvgIpc) is 2.66. The van der Waals surface area contributed by atoms with E-state index in [2.05, 4.69) is 6.07 Å². The van der Waals surface area contributed by atoms with Gasteiger partial charge in [0, 0.05) is 17.9 Å². The van der Waals surface area contributed by atoms with Crippen molar-refractivity contribution in [2.24, 2.45) is 5.92 Å². The molecule has 0 bridgehead atoms. The molecule has 0 N–H and O–H groups in total. The lowest BCUT2D eigenvalue weighted by Crippen LogP contribution is -2.23. The second-order valence-corrected chi connectivity index (χ2v) is 4.12. The largest absolute Gasteiger partial charge is 0.380 e. The number of rotatable bonds is 0. The predicted molar refractivity (Wildman–Crippen MR) is 52.4 cm³/mol. The van der Waals surface area contributed by atoms with Crippen molar-refractivity contribution in [3.05, 3.63) is 35.4 Å². The summed E-state index contributed by atoms with van der Waals surface area (Å²) in [5.74, 6) is 1.17. The molecule has 0 radical (unpaired) electrons. The Morgan fingerprint density at radius 3 is 3.00 bits per heavy atom. The number of benzene rings is 1. The van der Waals surface area contributed by atoms with Crippen LogP contribution in [0.2, 0.25) is 0 Å². The molecule has 0 unspecified atom stereocenters. The fourth-order valence-electron chi connectivity index (χ4n) is 2.57. The molecule has 2 aliphatic rings. The van der Waals surface area contributed by atoms with Crippen LogP contribution in [-0.4, -0.2) is 19.0 Å². The van der Waals surface area contributed by atoms with Crippen molar-refractivity contribution in [3.8, 4) is 0 Å². The summed E-state index contributed by atoms with van der Waals surface area (Å²) in [6.07, 6.45) is 0.668. The minimum absolute atomic E-state index is 0.285. The normalized spacial score (nSPS) is 29.9. The molecule has 0 saturated carbocycles. The van der Waals surface area contributed by atoms with Crippen molar-refractivity contribution < 1.29 is 9.53 Å². The lowest BCUT2D eigenvalue weighted by Gasteiger charge is -2.25. The third-order valence-electron chi connectivity index (χ3n) is 3.31. The van der Waals surface area contributed by atoms with Crippen molar-refractivity contribution in [1.82, 2.24) is 0 Å². The zero-order valence-electron chi connectivity index (χ0n) is 7.90. The lowest BCUT2D eigenvalue weighted by molar-refractivity contribution is 0.0940. The van der Waals surface area contributed by atoms with Crippen LogP contribution in [0.5, 0.6) is 0 Å². The van der Waals surface area contributed by atoms with Gasteiger partial charge >= 0.3 is 0 Å². The monoisotopic (exact) mass is 188 g/mol. The molecule has 14 heavy (non-hydrogen) atoms. The Kier molecular flexibility index (Phi) is 1.71. The van der Waals surface area contributed by atoms with Gasteiger partial charge in [0.05, 0.1) is 13.2 Å². The van der Waals surface area contributed by atoms with Crippen LogP contribution in [0, 0.1) is 5.92 Å². The van der Waals surface area contributed by atoms with Gasteiger partial charge in [-0.15, -0.1) is 0 Å². The van der Waals surface area contributed by atoms with Crippen molar-refractivity contribution in [3.63, 3.8) is 0 Å². The smallest absolute Gasteiger partial charge is 0.163 e. The Morgan fingerprint density at radius 1 is 1.21 bits per heavy atom. The van der Waals surface area contributed by atoms with Crippen LogP contribution in [0.3, 0.4) is 0 Å². The number of Topliss-reactive ketones (excluding diaryl/α,β-unsaturated/α-hetero) is 1. The summed E-state index contributed by atoms with van der Waals surface area (Å²) in [7, 11) is 0. The third kappa shape index (κ3) is 1.04. The van der Waals surface area contributed by atoms with Crippen LogP contribution in [-0.2, 0) is 4.74 Å². The van der Waals surface area contributed by atoms with E-state index in [0.29, 0.717) is 18.3 Å². The van der Waals surface area contributed by atoms with Gasteiger partial charge in [-0.05, 0) is 11.5 Å². The van der Waals surface area contributed by atoms with Crippen LogP contribution in [0.1, 0.15) is 28.3 Å². The minimum atomic E-state index is 0.285. The molecule has 2 nitrogen and oxygen atoms in total. The minimum Gasteiger partial charge on any atom is -0.380 e. The van der Waals surface area contributed by atoms with Crippen LogP contribution < -0.4 is 0 Å². The maximum Gasteiger partial charge on any atom is 0.163 e. The number of hydrogen-bond donors (Lipinski definition) is 0. The molecule has 2 atom stereocenters. The zero-order valence-corrected chi connectivity index (χ0v) is 7.90. The molecule has 0 aromatic heterocycles. The van der Waals surface area contributed by atoms with E-state index < -0.39 is 0 Å². The fraction of sp³-hybridized carbons (Fsp3) is 0.417. The van der Waals surface area contributed by atoms with Gasteiger partial charge in [0.2, 0.25) is 0 Å². The standard InChI is InChI=1S/C12H12O2/c13-12-5-8-6-14-7-11(8)9-3-1-2-4-10(9)12/h1-4,8,11H,5-7H2/t8-,11-/m0/s1. The van der Waals surface area contributed by atoms with E-state index in [9.17, 15) is 4.79 Å². The molecular weight excluding hydrogens is 176 g/mol. The van der Waals surface area contributed by atoms with E-state index >= 15 is 0 Å². The summed E-state index contributed by atoms with van der Waals surface area (Å²) in [6.45, 7) is 1.54. The fourth-order valence-corrected chi connectivity index (χ4v) is 2.57. The zero-order chi connectivity index (χ0) is 9.54. The Labute approximate surface area is 82.9 Å². The number of carbonyl (C=O) groups excluding carboxylic acids is 1. The highest BCUT2D eigenvalue weighted by molar-refractivity contribution is 5.99. The molecule has 1 aliphatic heterocycles. The van der Waals surface area contributed by atoms with Crippen molar-refractivity contribution in [2.75, 3.05) is 13.2 Å². The number of carbonyl (C=O) groups is 1. The van der Waals surface area contributed by atoms with Gasteiger partial charge < -0.3 is 4.74 Å². The Balaban J connectivity index is 2.13. The number of ketones is 1. The molecule has 72 valence electrons. The molecule has 1 fully saturated rings. The van der Waals surface area contributed by atoms with Gasteiger partial charge in [-0.1, -0.05) is 24.3 Å². The predicted octanol–water partition coefficient (Wildman–Crippen LogP) is 2.00. The Morgan fingerprint density at radius 2 is 2.07 bits per heavy atom. The number of ether oxygens (including phenoxy) is 1. The summed E-state index contributed by atoms with van der Waals surface area (Å²) < 4.78 is 5.44. The van der Waals surface area contributed by atoms with E-state index in [1.165, 1.54) is 5.56 Å². The first-order valence-electron chi connectivity index (χ1n) is 5.06. The highest BCUT2D eigenvalue weighted by Crippen LogP contribution is 2.39. The summed E-state index contributed by atoms with van der Waals surface area (Å²) >= 11 is 0. The first kappa shape index (κ1) is 8.18.